The van der Waals surface area contributed by atoms with Crippen molar-refractivity contribution in [2.24, 2.45) is 5.10 Å². The summed E-state index contributed by atoms with van der Waals surface area (Å²) in [5, 5.41) is 11.6. The molecule has 0 aliphatic heterocycles. The molecule has 3 aromatic rings. The molecule has 0 bridgehead atoms. The molecule has 11 heteroatoms. The molecule has 1 heterocycles. The van der Waals surface area contributed by atoms with Crippen LogP contribution in [0.1, 0.15) is 23.4 Å². The highest BCUT2D eigenvalue weighted by molar-refractivity contribution is 7.98. The summed E-state index contributed by atoms with van der Waals surface area (Å²) in [6.45, 7) is 0.0845. The van der Waals surface area contributed by atoms with Gasteiger partial charge in [-0.25, -0.2) is 13.2 Å². The summed E-state index contributed by atoms with van der Waals surface area (Å²) in [5.41, 5.74) is 1.27. The van der Waals surface area contributed by atoms with Crippen molar-refractivity contribution in [1.82, 2.24) is 14.9 Å². The van der Waals surface area contributed by atoms with Crippen molar-refractivity contribution in [3.05, 3.63) is 64.2 Å². The third kappa shape index (κ3) is 5.06. The average Bonchev–Trinajstić information content (AvgIpc) is 3.15. The maximum Gasteiger partial charge on any atom is 0.299 e. The van der Waals surface area contributed by atoms with Gasteiger partial charge in [0.15, 0.2) is 0 Å². The van der Waals surface area contributed by atoms with Crippen LogP contribution in [0.3, 0.4) is 0 Å². The number of thioether (sulfide) groups is 1. The highest BCUT2D eigenvalue weighted by Gasteiger charge is 2.19. The molecule has 158 valence electrons. The minimum atomic E-state index is -2.81. The number of aromatic nitrogens is 3. The molecule has 3 rings (SSSR count). The third-order valence-corrected chi connectivity index (χ3v) is 4.83. The topological polar surface area (TPSA) is 61.5 Å². The number of rotatable bonds is 8. The summed E-state index contributed by atoms with van der Waals surface area (Å²) >= 11 is 7.13. The van der Waals surface area contributed by atoms with E-state index in [-0.39, 0.29) is 16.8 Å². The fourth-order valence-corrected chi connectivity index (χ4v) is 3.17. The molecule has 0 saturated carbocycles. The highest BCUT2D eigenvalue weighted by Crippen LogP contribution is 2.28. The molecule has 6 nitrogen and oxygen atoms in total. The maximum absolute atomic E-state index is 13.2. The smallest absolute Gasteiger partial charge is 0.299 e. The zero-order valence-electron chi connectivity index (χ0n) is 15.9. The SMILES string of the molecule is COc1ccc(/C=N\n2c(SC)nnc2C(F)F)cc1COc1ccc(F)cc1Cl. The number of nitrogens with zero attached hydrogens (tertiary/aromatic N) is 4. The van der Waals surface area contributed by atoms with E-state index in [4.69, 9.17) is 21.1 Å². The number of halogens is 4. The van der Waals surface area contributed by atoms with Gasteiger partial charge in [-0.3, -0.25) is 0 Å². The summed E-state index contributed by atoms with van der Waals surface area (Å²) in [6.07, 6.45) is 0.285. The first-order valence-corrected chi connectivity index (χ1v) is 10.1. The number of ether oxygens (including phenoxy) is 2. The molecular formula is C19H16ClF3N4O2S. The second-order valence-corrected chi connectivity index (χ2v) is 7.02. The van der Waals surface area contributed by atoms with Crippen molar-refractivity contribution in [2.45, 2.75) is 18.2 Å². The van der Waals surface area contributed by atoms with Crippen LogP contribution in [0.25, 0.3) is 0 Å². The summed E-state index contributed by atoms with van der Waals surface area (Å²) in [6, 6.07) is 8.96. The summed E-state index contributed by atoms with van der Waals surface area (Å²) < 4.78 is 51.4. The predicted molar refractivity (Wildman–Crippen MR) is 108 cm³/mol. The largest absolute Gasteiger partial charge is 0.496 e. The van der Waals surface area contributed by atoms with Crippen molar-refractivity contribution in [2.75, 3.05) is 13.4 Å². The van der Waals surface area contributed by atoms with E-state index in [0.29, 0.717) is 22.6 Å². The lowest BCUT2D eigenvalue weighted by atomic mass is 10.1. The van der Waals surface area contributed by atoms with Crippen molar-refractivity contribution in [1.29, 1.82) is 0 Å². The Labute approximate surface area is 179 Å². The van der Waals surface area contributed by atoms with Gasteiger partial charge in [0.25, 0.3) is 6.43 Å². The number of alkyl halides is 2. The second kappa shape index (κ2) is 9.86. The Morgan fingerprint density at radius 2 is 1.97 bits per heavy atom. The van der Waals surface area contributed by atoms with E-state index in [9.17, 15) is 13.2 Å². The fraction of sp³-hybridized carbons (Fsp3) is 0.211. The van der Waals surface area contributed by atoms with Crippen LogP contribution in [0.2, 0.25) is 5.02 Å². The lowest BCUT2D eigenvalue weighted by Crippen LogP contribution is -2.02. The van der Waals surface area contributed by atoms with Gasteiger partial charge in [0.05, 0.1) is 18.3 Å². The van der Waals surface area contributed by atoms with Gasteiger partial charge < -0.3 is 9.47 Å². The molecule has 0 saturated heterocycles. The third-order valence-electron chi connectivity index (χ3n) is 3.92. The standard InChI is InChI=1S/C19H16ClF3N4O2S/c1-28-15-5-3-11(9-24-27-18(17(22)23)25-26-19(27)30-2)7-12(15)10-29-16-6-4-13(21)8-14(16)20/h3-9,17H,10H2,1-2H3/b24-9-. The molecule has 0 amide bonds. The van der Waals surface area contributed by atoms with Crippen LogP contribution in [-0.2, 0) is 6.61 Å². The number of methoxy groups -OCH3 is 1. The Hall–Kier alpha value is -2.72. The van der Waals surface area contributed by atoms with Crippen molar-refractivity contribution >= 4 is 29.6 Å². The molecule has 0 N–H and O–H groups in total. The molecule has 0 atom stereocenters. The lowest BCUT2D eigenvalue weighted by molar-refractivity contribution is 0.135. The fourth-order valence-electron chi connectivity index (χ4n) is 2.51. The van der Waals surface area contributed by atoms with Crippen LogP contribution < -0.4 is 9.47 Å². The van der Waals surface area contributed by atoms with Crippen molar-refractivity contribution < 1.29 is 22.6 Å². The maximum atomic E-state index is 13.2. The van der Waals surface area contributed by atoms with Gasteiger partial charge in [0.2, 0.25) is 11.0 Å². The van der Waals surface area contributed by atoms with Gasteiger partial charge >= 0.3 is 0 Å². The quantitative estimate of drug-likeness (QED) is 0.344. The van der Waals surface area contributed by atoms with Crippen LogP contribution in [0.15, 0.2) is 46.7 Å². The molecular weight excluding hydrogens is 441 g/mol. The van der Waals surface area contributed by atoms with Gasteiger partial charge in [0, 0.05) is 5.56 Å². The first kappa shape index (κ1) is 22.0. The van der Waals surface area contributed by atoms with Crippen LogP contribution >= 0.6 is 23.4 Å². The molecule has 0 fully saturated rings. The summed E-state index contributed by atoms with van der Waals surface area (Å²) in [7, 11) is 1.51. The van der Waals surface area contributed by atoms with E-state index >= 15 is 0 Å². The first-order valence-electron chi connectivity index (χ1n) is 8.49. The van der Waals surface area contributed by atoms with Gasteiger partial charge in [-0.2, -0.15) is 9.78 Å². The predicted octanol–water partition coefficient (Wildman–Crippen LogP) is 5.20. The molecule has 1 aromatic heterocycles. The van der Waals surface area contributed by atoms with E-state index in [2.05, 4.69) is 15.3 Å². The van der Waals surface area contributed by atoms with Crippen molar-refractivity contribution in [3.63, 3.8) is 0 Å². The molecule has 0 aliphatic rings. The van der Waals surface area contributed by atoms with Crippen molar-refractivity contribution in [3.8, 4) is 11.5 Å². The highest BCUT2D eigenvalue weighted by atomic mass is 35.5. The minimum absolute atomic E-state index is 0.0845. The molecule has 0 aliphatic carbocycles. The zero-order valence-corrected chi connectivity index (χ0v) is 17.4. The molecule has 2 aromatic carbocycles. The Morgan fingerprint density at radius 1 is 1.20 bits per heavy atom. The molecule has 0 spiro atoms. The molecule has 0 unspecified atom stereocenters. The van der Waals surface area contributed by atoms with Crippen LogP contribution in [0, 0.1) is 5.82 Å². The zero-order chi connectivity index (χ0) is 21.7. The number of benzene rings is 2. The van der Waals surface area contributed by atoms with Crippen LogP contribution in [0.4, 0.5) is 13.2 Å². The van der Waals surface area contributed by atoms with E-state index < -0.39 is 18.1 Å². The van der Waals surface area contributed by atoms with E-state index in [1.165, 1.54) is 25.5 Å². The Kier molecular flexibility index (Phi) is 7.22. The van der Waals surface area contributed by atoms with Gasteiger partial charge in [-0.1, -0.05) is 23.4 Å². The van der Waals surface area contributed by atoms with E-state index in [1.807, 2.05) is 0 Å². The normalized spacial score (nSPS) is 11.4. The number of hydrogen-bond donors (Lipinski definition) is 0. The Bertz CT molecular complexity index is 1060. The van der Waals surface area contributed by atoms with Crippen LogP contribution in [-0.4, -0.2) is 34.5 Å². The summed E-state index contributed by atoms with van der Waals surface area (Å²) in [4.78, 5) is 0. The Morgan fingerprint density at radius 3 is 2.63 bits per heavy atom. The van der Waals surface area contributed by atoms with E-state index in [0.717, 1.165) is 22.5 Å². The van der Waals surface area contributed by atoms with Gasteiger partial charge in [0.1, 0.15) is 23.9 Å². The van der Waals surface area contributed by atoms with Gasteiger partial charge in [-0.05, 0) is 48.2 Å². The molecule has 30 heavy (non-hydrogen) atoms. The van der Waals surface area contributed by atoms with E-state index in [1.54, 1.807) is 24.5 Å². The number of hydrogen-bond acceptors (Lipinski definition) is 6. The van der Waals surface area contributed by atoms with Crippen LogP contribution in [0.5, 0.6) is 11.5 Å². The van der Waals surface area contributed by atoms with Gasteiger partial charge in [-0.15, -0.1) is 10.2 Å². The first-order chi connectivity index (χ1) is 14.4. The summed E-state index contributed by atoms with van der Waals surface area (Å²) in [5.74, 6) is -0.147. The minimum Gasteiger partial charge on any atom is -0.496 e. The molecule has 0 radical (unpaired) electrons. The second-order valence-electron chi connectivity index (χ2n) is 5.84. The monoisotopic (exact) mass is 456 g/mol. The Balaban J connectivity index is 1.84. The lowest BCUT2D eigenvalue weighted by Gasteiger charge is -2.12. The average molecular weight is 457 g/mol.